The summed E-state index contributed by atoms with van der Waals surface area (Å²) in [6.45, 7) is 2.88. The van der Waals surface area contributed by atoms with Crippen LogP contribution in [0.4, 0.5) is 0 Å². The Morgan fingerprint density at radius 3 is 2.58 bits per heavy atom. The van der Waals surface area contributed by atoms with Gasteiger partial charge in [0.25, 0.3) is 0 Å². The van der Waals surface area contributed by atoms with Crippen molar-refractivity contribution >= 4 is 15.9 Å². The number of rotatable bonds is 10. The van der Waals surface area contributed by atoms with Gasteiger partial charge in [-0.05, 0) is 37.6 Å². The molecule has 1 amide bonds. The summed E-state index contributed by atoms with van der Waals surface area (Å²) < 4.78 is 38.1. The predicted molar refractivity (Wildman–Crippen MR) is 97.1 cm³/mol. The normalized spacial score (nSPS) is 12.7. The van der Waals surface area contributed by atoms with Crippen LogP contribution in [0.3, 0.4) is 0 Å². The fourth-order valence-corrected chi connectivity index (χ4v) is 3.57. The van der Waals surface area contributed by atoms with Gasteiger partial charge in [0, 0.05) is 20.3 Å². The average molecular weight is 380 g/mol. The van der Waals surface area contributed by atoms with Gasteiger partial charge in [0.2, 0.25) is 15.9 Å². The largest absolute Gasteiger partial charge is 0.468 e. The molecule has 8 heteroatoms. The number of nitrogens with one attached hydrogen (secondary N) is 2. The molecule has 0 saturated carbocycles. The second kappa shape index (κ2) is 9.51. The first-order valence-electron chi connectivity index (χ1n) is 8.30. The zero-order valence-corrected chi connectivity index (χ0v) is 15.7. The van der Waals surface area contributed by atoms with Crippen molar-refractivity contribution in [3.63, 3.8) is 0 Å². The summed E-state index contributed by atoms with van der Waals surface area (Å²) in [5, 5.41) is 2.75. The van der Waals surface area contributed by atoms with E-state index in [0.29, 0.717) is 25.3 Å². The number of benzene rings is 1. The highest BCUT2D eigenvalue weighted by Gasteiger charge is 2.25. The maximum Gasteiger partial charge on any atom is 0.241 e. The van der Waals surface area contributed by atoms with E-state index in [1.807, 2.05) is 6.92 Å². The van der Waals surface area contributed by atoms with Gasteiger partial charge in [-0.3, -0.25) is 4.79 Å². The van der Waals surface area contributed by atoms with Gasteiger partial charge in [-0.25, -0.2) is 8.42 Å². The van der Waals surface area contributed by atoms with Crippen LogP contribution in [0.25, 0.3) is 0 Å². The van der Waals surface area contributed by atoms with E-state index in [1.54, 1.807) is 31.4 Å². The molecule has 1 atom stereocenters. The molecule has 26 heavy (non-hydrogen) atoms. The Morgan fingerprint density at radius 1 is 1.23 bits per heavy atom. The fourth-order valence-electron chi connectivity index (χ4n) is 2.36. The molecule has 2 N–H and O–H groups in total. The van der Waals surface area contributed by atoms with Crippen LogP contribution < -0.4 is 10.0 Å². The lowest BCUT2D eigenvalue weighted by Gasteiger charge is -2.17. The van der Waals surface area contributed by atoms with Gasteiger partial charge in [0.05, 0.1) is 23.6 Å². The number of methoxy groups -OCH3 is 1. The SMILES string of the molecule is COCCCNC(=O)C[C@@H](NS(=O)(=O)c1ccc(C)cc1)c1ccco1. The van der Waals surface area contributed by atoms with Gasteiger partial charge in [-0.15, -0.1) is 0 Å². The summed E-state index contributed by atoms with van der Waals surface area (Å²) in [4.78, 5) is 12.3. The van der Waals surface area contributed by atoms with Crippen LogP contribution in [0.2, 0.25) is 0 Å². The van der Waals surface area contributed by atoms with Gasteiger partial charge in [0.15, 0.2) is 0 Å². The Labute approximate surface area is 153 Å². The van der Waals surface area contributed by atoms with Crippen LogP contribution in [0.15, 0.2) is 52.0 Å². The summed E-state index contributed by atoms with van der Waals surface area (Å²) in [5.41, 5.74) is 0.960. The molecular weight excluding hydrogens is 356 g/mol. The molecule has 0 saturated heterocycles. The van der Waals surface area contributed by atoms with E-state index < -0.39 is 16.1 Å². The van der Waals surface area contributed by atoms with Crippen molar-refractivity contribution in [1.82, 2.24) is 10.0 Å². The lowest BCUT2D eigenvalue weighted by Crippen LogP contribution is -2.34. The molecule has 1 aromatic heterocycles. The van der Waals surface area contributed by atoms with Crippen LogP contribution in [-0.2, 0) is 19.6 Å². The number of sulfonamides is 1. The topological polar surface area (TPSA) is 97.6 Å². The molecule has 2 rings (SSSR count). The summed E-state index contributed by atoms with van der Waals surface area (Å²) in [7, 11) is -2.20. The predicted octanol–water partition coefficient (Wildman–Crippen LogP) is 2.15. The number of carbonyl (C=O) groups is 1. The summed E-state index contributed by atoms with van der Waals surface area (Å²) in [6.07, 6.45) is 2.06. The number of ether oxygens (including phenoxy) is 1. The maximum absolute atomic E-state index is 12.6. The molecule has 0 unspecified atom stereocenters. The van der Waals surface area contributed by atoms with Crippen LogP contribution in [0.5, 0.6) is 0 Å². The third kappa shape index (κ3) is 5.98. The van der Waals surface area contributed by atoms with Crippen molar-refractivity contribution < 1.29 is 22.4 Å². The molecule has 1 aromatic carbocycles. The first-order chi connectivity index (χ1) is 12.4. The molecule has 142 valence electrons. The van der Waals surface area contributed by atoms with E-state index in [2.05, 4.69) is 10.0 Å². The molecule has 2 aromatic rings. The second-order valence-corrected chi connectivity index (χ2v) is 7.62. The maximum atomic E-state index is 12.6. The number of amides is 1. The van der Waals surface area contributed by atoms with Gasteiger partial charge >= 0.3 is 0 Å². The summed E-state index contributed by atoms with van der Waals surface area (Å²) in [6, 6.07) is 9.00. The van der Waals surface area contributed by atoms with Gasteiger partial charge < -0.3 is 14.5 Å². The minimum atomic E-state index is -3.79. The first kappa shape index (κ1) is 20.2. The molecule has 1 heterocycles. The quantitative estimate of drug-likeness (QED) is 0.616. The van der Waals surface area contributed by atoms with Crippen LogP contribution in [0, 0.1) is 6.92 Å². The van der Waals surface area contributed by atoms with Crippen LogP contribution in [0.1, 0.15) is 30.2 Å². The van der Waals surface area contributed by atoms with Gasteiger partial charge in [-0.1, -0.05) is 17.7 Å². The summed E-state index contributed by atoms with van der Waals surface area (Å²) in [5.74, 6) is 0.113. The molecular formula is C18H24N2O5S. The number of hydrogen-bond donors (Lipinski definition) is 2. The third-order valence-electron chi connectivity index (χ3n) is 3.75. The minimum Gasteiger partial charge on any atom is -0.468 e. The Balaban J connectivity index is 2.08. The highest BCUT2D eigenvalue weighted by atomic mass is 32.2. The average Bonchev–Trinajstić information content (AvgIpc) is 3.13. The zero-order valence-electron chi connectivity index (χ0n) is 14.9. The Bertz CT molecular complexity index is 785. The lowest BCUT2D eigenvalue weighted by atomic mass is 10.1. The van der Waals surface area contributed by atoms with E-state index >= 15 is 0 Å². The number of furan rings is 1. The standard InChI is InChI=1S/C18H24N2O5S/c1-14-6-8-15(9-7-14)26(22,23)20-16(17-5-3-12-25-17)13-18(21)19-10-4-11-24-2/h3,5-9,12,16,20H,4,10-11,13H2,1-2H3,(H,19,21)/t16-/m1/s1. The van der Waals surface area contributed by atoms with Gasteiger partial charge in [-0.2, -0.15) is 4.72 Å². The van der Waals surface area contributed by atoms with Crippen molar-refractivity contribution in [3.8, 4) is 0 Å². The van der Waals surface area contributed by atoms with E-state index in [9.17, 15) is 13.2 Å². The van der Waals surface area contributed by atoms with Crippen LogP contribution >= 0.6 is 0 Å². The van der Waals surface area contributed by atoms with Crippen molar-refractivity contribution in [2.75, 3.05) is 20.3 Å². The minimum absolute atomic E-state index is 0.0639. The molecule has 0 aliphatic carbocycles. The van der Waals surface area contributed by atoms with Gasteiger partial charge in [0.1, 0.15) is 5.76 Å². The number of aryl methyl sites for hydroxylation is 1. The molecule has 0 radical (unpaired) electrons. The number of hydrogen-bond acceptors (Lipinski definition) is 5. The monoisotopic (exact) mass is 380 g/mol. The fraction of sp³-hybridized carbons (Fsp3) is 0.389. The van der Waals surface area contributed by atoms with E-state index in [-0.39, 0.29) is 17.2 Å². The van der Waals surface area contributed by atoms with E-state index in [0.717, 1.165) is 5.56 Å². The summed E-state index contributed by atoms with van der Waals surface area (Å²) >= 11 is 0. The Morgan fingerprint density at radius 2 is 1.96 bits per heavy atom. The first-order valence-corrected chi connectivity index (χ1v) is 9.79. The highest BCUT2D eigenvalue weighted by molar-refractivity contribution is 7.89. The molecule has 0 aliphatic rings. The zero-order chi connectivity index (χ0) is 19.0. The van der Waals surface area contributed by atoms with E-state index in [4.69, 9.17) is 9.15 Å². The van der Waals surface area contributed by atoms with Crippen molar-refractivity contribution in [1.29, 1.82) is 0 Å². The molecule has 7 nitrogen and oxygen atoms in total. The molecule has 0 aliphatic heterocycles. The van der Waals surface area contributed by atoms with Crippen LogP contribution in [-0.4, -0.2) is 34.6 Å². The van der Waals surface area contributed by atoms with Crippen molar-refractivity contribution in [2.45, 2.75) is 30.7 Å². The molecule has 0 bridgehead atoms. The smallest absolute Gasteiger partial charge is 0.241 e. The van der Waals surface area contributed by atoms with Crippen molar-refractivity contribution in [2.24, 2.45) is 0 Å². The highest BCUT2D eigenvalue weighted by Crippen LogP contribution is 2.21. The molecule has 0 fully saturated rings. The lowest BCUT2D eigenvalue weighted by molar-refractivity contribution is -0.121. The third-order valence-corrected chi connectivity index (χ3v) is 5.24. The number of carbonyl (C=O) groups excluding carboxylic acids is 1. The molecule has 0 spiro atoms. The van der Waals surface area contributed by atoms with Crippen molar-refractivity contribution in [3.05, 3.63) is 54.0 Å². The second-order valence-electron chi connectivity index (χ2n) is 5.90. The van der Waals surface area contributed by atoms with E-state index in [1.165, 1.54) is 18.4 Å². The Kier molecular flexibility index (Phi) is 7.38. The Hall–Kier alpha value is -2.16.